The van der Waals surface area contributed by atoms with Gasteiger partial charge in [0, 0.05) is 18.3 Å². The molecule has 1 heterocycles. The van der Waals surface area contributed by atoms with Crippen molar-refractivity contribution in [2.75, 3.05) is 0 Å². The lowest BCUT2D eigenvalue weighted by molar-refractivity contribution is -0.142. The Morgan fingerprint density at radius 1 is 1.13 bits per heavy atom. The first-order chi connectivity index (χ1) is 9.81. The number of hydrogen-bond acceptors (Lipinski definition) is 3. The number of aromatic carboxylic acids is 1. The SMILES string of the molecule is C[C@@](N)(Cc1ccc(-n2cccc2C(=O)O)cc1)C(=O)O.O.O. The van der Waals surface area contributed by atoms with E-state index in [1.807, 2.05) is 0 Å². The third-order valence-electron chi connectivity index (χ3n) is 3.24. The predicted octanol–water partition coefficient (Wildman–Crippen LogP) is -0.129. The third-order valence-corrected chi connectivity index (χ3v) is 3.24. The van der Waals surface area contributed by atoms with Gasteiger partial charge in [0.25, 0.3) is 0 Å². The average Bonchev–Trinajstić information content (AvgIpc) is 2.88. The van der Waals surface area contributed by atoms with E-state index in [4.69, 9.17) is 15.9 Å². The molecule has 1 aromatic heterocycles. The molecule has 2 rings (SSSR count). The van der Waals surface area contributed by atoms with Gasteiger partial charge in [0.15, 0.2) is 0 Å². The normalized spacial score (nSPS) is 12.4. The summed E-state index contributed by atoms with van der Waals surface area (Å²) in [5, 5.41) is 18.1. The molecule has 0 amide bonds. The van der Waals surface area contributed by atoms with Gasteiger partial charge in [-0.15, -0.1) is 0 Å². The first kappa shape index (κ1) is 20.3. The topological polar surface area (TPSA) is 169 Å². The second kappa shape index (κ2) is 7.54. The zero-order valence-electron chi connectivity index (χ0n) is 12.5. The molecule has 23 heavy (non-hydrogen) atoms. The molecule has 0 saturated heterocycles. The molecule has 8 heteroatoms. The van der Waals surface area contributed by atoms with Crippen molar-refractivity contribution in [3.05, 3.63) is 53.9 Å². The number of carbonyl (C=O) groups is 2. The van der Waals surface area contributed by atoms with Crippen LogP contribution in [0.2, 0.25) is 0 Å². The number of nitrogens with zero attached hydrogens (tertiary/aromatic N) is 1. The average molecular weight is 324 g/mol. The number of carboxylic acids is 2. The third kappa shape index (κ3) is 4.39. The number of rotatable bonds is 5. The Morgan fingerprint density at radius 3 is 2.17 bits per heavy atom. The Labute approximate surface area is 132 Å². The molecule has 0 spiro atoms. The number of hydrogen-bond donors (Lipinski definition) is 3. The first-order valence-corrected chi connectivity index (χ1v) is 6.33. The molecule has 0 radical (unpaired) electrons. The van der Waals surface area contributed by atoms with E-state index in [1.54, 1.807) is 41.1 Å². The quantitative estimate of drug-likeness (QED) is 0.694. The lowest BCUT2D eigenvalue weighted by atomic mass is 9.94. The molecule has 1 aromatic carbocycles. The van der Waals surface area contributed by atoms with Crippen molar-refractivity contribution in [2.24, 2.45) is 5.73 Å². The van der Waals surface area contributed by atoms with Gasteiger partial charge in [-0.2, -0.15) is 0 Å². The van der Waals surface area contributed by atoms with Crippen molar-refractivity contribution in [3.63, 3.8) is 0 Å². The zero-order valence-corrected chi connectivity index (χ0v) is 12.5. The summed E-state index contributed by atoms with van der Waals surface area (Å²) in [7, 11) is 0. The Morgan fingerprint density at radius 2 is 1.70 bits per heavy atom. The molecule has 0 fully saturated rings. The zero-order chi connectivity index (χ0) is 15.6. The van der Waals surface area contributed by atoms with Crippen molar-refractivity contribution < 1.29 is 30.8 Å². The maximum Gasteiger partial charge on any atom is 0.352 e. The molecule has 0 unspecified atom stereocenters. The number of benzene rings is 1. The number of nitrogens with two attached hydrogens (primary N) is 1. The van der Waals surface area contributed by atoms with Crippen molar-refractivity contribution >= 4 is 11.9 Å². The van der Waals surface area contributed by atoms with Gasteiger partial charge in [-0.3, -0.25) is 4.79 Å². The highest BCUT2D eigenvalue weighted by Crippen LogP contribution is 2.17. The van der Waals surface area contributed by atoms with E-state index < -0.39 is 17.5 Å². The summed E-state index contributed by atoms with van der Waals surface area (Å²) in [6.07, 6.45) is 1.85. The highest BCUT2D eigenvalue weighted by atomic mass is 16.4. The Bertz CT molecular complexity index is 676. The van der Waals surface area contributed by atoms with Crippen LogP contribution >= 0.6 is 0 Å². The Hall–Kier alpha value is -2.68. The van der Waals surface area contributed by atoms with Gasteiger partial charge in [-0.1, -0.05) is 12.1 Å². The predicted molar refractivity (Wildman–Crippen MR) is 83.9 cm³/mol. The smallest absolute Gasteiger partial charge is 0.352 e. The molecule has 126 valence electrons. The molecule has 0 saturated carbocycles. The molecule has 0 bridgehead atoms. The summed E-state index contributed by atoms with van der Waals surface area (Å²) in [5.41, 5.74) is 6.00. The summed E-state index contributed by atoms with van der Waals surface area (Å²) >= 11 is 0. The monoisotopic (exact) mass is 324 g/mol. The van der Waals surface area contributed by atoms with Crippen molar-refractivity contribution in [1.82, 2.24) is 4.57 Å². The molecular formula is C15H20N2O6. The van der Waals surface area contributed by atoms with Gasteiger partial charge in [-0.25, -0.2) is 4.79 Å². The van der Waals surface area contributed by atoms with Gasteiger partial charge in [-0.05, 0) is 36.8 Å². The molecule has 2 aromatic rings. The van der Waals surface area contributed by atoms with E-state index in [1.165, 1.54) is 13.0 Å². The lowest BCUT2D eigenvalue weighted by Crippen LogP contribution is -2.46. The molecule has 0 aliphatic rings. The summed E-state index contributed by atoms with van der Waals surface area (Å²) in [6, 6.07) is 10.1. The van der Waals surface area contributed by atoms with Crippen LogP contribution in [-0.2, 0) is 11.2 Å². The lowest BCUT2D eigenvalue weighted by Gasteiger charge is -2.19. The van der Waals surface area contributed by atoms with Gasteiger partial charge in [0.2, 0.25) is 0 Å². The highest BCUT2D eigenvalue weighted by molar-refractivity contribution is 5.86. The van der Waals surface area contributed by atoms with E-state index in [2.05, 4.69) is 0 Å². The van der Waals surface area contributed by atoms with Crippen LogP contribution in [0.15, 0.2) is 42.6 Å². The molecule has 1 atom stereocenters. The highest BCUT2D eigenvalue weighted by Gasteiger charge is 2.27. The van der Waals surface area contributed by atoms with E-state index in [0.29, 0.717) is 5.69 Å². The van der Waals surface area contributed by atoms with Crippen LogP contribution in [-0.4, -0.2) is 43.2 Å². The number of aromatic nitrogens is 1. The minimum absolute atomic E-state index is 0. The fourth-order valence-corrected chi connectivity index (χ4v) is 2.05. The molecule has 8 N–H and O–H groups in total. The van der Waals surface area contributed by atoms with E-state index >= 15 is 0 Å². The summed E-state index contributed by atoms with van der Waals surface area (Å²) in [6.45, 7) is 1.46. The van der Waals surface area contributed by atoms with Crippen molar-refractivity contribution in [3.8, 4) is 5.69 Å². The second-order valence-electron chi connectivity index (χ2n) is 5.13. The number of aliphatic carboxylic acids is 1. The minimum atomic E-state index is -1.33. The number of carboxylic acid groups (broad SMARTS) is 2. The van der Waals surface area contributed by atoms with Crippen LogP contribution in [0.1, 0.15) is 23.0 Å². The van der Waals surface area contributed by atoms with Gasteiger partial charge < -0.3 is 31.5 Å². The van der Waals surface area contributed by atoms with E-state index in [0.717, 1.165) is 5.56 Å². The Balaban J connectivity index is 0.00000242. The van der Waals surface area contributed by atoms with Crippen LogP contribution in [0.5, 0.6) is 0 Å². The van der Waals surface area contributed by atoms with Crippen LogP contribution in [0, 0.1) is 0 Å². The van der Waals surface area contributed by atoms with Crippen molar-refractivity contribution in [1.29, 1.82) is 0 Å². The van der Waals surface area contributed by atoms with Crippen LogP contribution in [0.3, 0.4) is 0 Å². The standard InChI is InChI=1S/C15H16N2O4.2H2O/c1-15(16,14(20)21)9-10-4-6-11(7-5-10)17-8-2-3-12(17)13(18)19;;/h2-8H,9,16H2,1H3,(H,18,19)(H,20,21);2*1H2/t15-;;/m1../s1. The first-order valence-electron chi connectivity index (χ1n) is 6.33. The Kier molecular flexibility index (Phi) is 6.66. The van der Waals surface area contributed by atoms with Crippen LogP contribution in [0.25, 0.3) is 5.69 Å². The fraction of sp³-hybridized carbons (Fsp3) is 0.200. The molecular weight excluding hydrogens is 304 g/mol. The van der Waals surface area contributed by atoms with Gasteiger partial charge in [0.1, 0.15) is 11.2 Å². The molecule has 0 aliphatic heterocycles. The molecule has 0 aliphatic carbocycles. The minimum Gasteiger partial charge on any atom is -0.480 e. The van der Waals surface area contributed by atoms with Crippen LogP contribution in [0.4, 0.5) is 0 Å². The van der Waals surface area contributed by atoms with Gasteiger partial charge in [0.05, 0.1) is 0 Å². The van der Waals surface area contributed by atoms with Gasteiger partial charge >= 0.3 is 11.9 Å². The summed E-state index contributed by atoms with van der Waals surface area (Å²) in [4.78, 5) is 22.1. The maximum absolute atomic E-state index is 11.1. The van der Waals surface area contributed by atoms with Crippen LogP contribution < -0.4 is 5.73 Å². The second-order valence-corrected chi connectivity index (χ2v) is 5.13. The van der Waals surface area contributed by atoms with Crippen molar-refractivity contribution in [2.45, 2.75) is 18.9 Å². The van der Waals surface area contributed by atoms with E-state index in [-0.39, 0.29) is 23.1 Å². The molecule has 8 nitrogen and oxygen atoms in total. The summed E-state index contributed by atoms with van der Waals surface area (Å²) < 4.78 is 1.55. The largest absolute Gasteiger partial charge is 0.480 e. The maximum atomic E-state index is 11.1. The van der Waals surface area contributed by atoms with E-state index in [9.17, 15) is 9.59 Å². The summed E-state index contributed by atoms with van der Waals surface area (Å²) in [5.74, 6) is -2.07. The fourth-order valence-electron chi connectivity index (χ4n) is 2.05.